The number of aromatic amines is 1. The predicted octanol–water partition coefficient (Wildman–Crippen LogP) is 2.26. The lowest BCUT2D eigenvalue weighted by Crippen LogP contribution is -2.26. The highest BCUT2D eigenvalue weighted by Crippen LogP contribution is 2.38. The van der Waals surface area contributed by atoms with E-state index in [1.807, 2.05) is 12.1 Å². The van der Waals surface area contributed by atoms with Crippen LogP contribution in [0.3, 0.4) is 0 Å². The standard InChI is InChI=1S/C12H13N3O2/c1-15-5-4-8-7(6-15)2-3-9-10(8)13-12(16)11(9)14-17/h2-3,13,16H,4-6H2,1H3. The molecule has 17 heavy (non-hydrogen) atoms. The van der Waals surface area contributed by atoms with Gasteiger partial charge < -0.3 is 15.0 Å². The zero-order valence-electron chi connectivity index (χ0n) is 9.53. The lowest BCUT2D eigenvalue weighted by atomic mass is 9.97. The maximum absolute atomic E-state index is 10.7. The number of hydrogen-bond acceptors (Lipinski definition) is 4. The van der Waals surface area contributed by atoms with Gasteiger partial charge in [0, 0.05) is 18.5 Å². The first-order valence-corrected chi connectivity index (χ1v) is 5.58. The van der Waals surface area contributed by atoms with E-state index in [2.05, 4.69) is 22.1 Å². The molecule has 2 heterocycles. The topological polar surface area (TPSA) is 68.7 Å². The molecule has 3 rings (SSSR count). The van der Waals surface area contributed by atoms with E-state index in [1.165, 1.54) is 11.1 Å². The van der Waals surface area contributed by atoms with Crippen LogP contribution in [0.25, 0.3) is 10.9 Å². The van der Waals surface area contributed by atoms with Crippen molar-refractivity contribution in [3.8, 4) is 5.88 Å². The quantitative estimate of drug-likeness (QED) is 0.739. The largest absolute Gasteiger partial charge is 0.493 e. The van der Waals surface area contributed by atoms with Crippen LogP contribution >= 0.6 is 0 Å². The molecule has 0 aliphatic carbocycles. The van der Waals surface area contributed by atoms with E-state index in [0.717, 1.165) is 25.0 Å². The molecule has 0 spiro atoms. The minimum Gasteiger partial charge on any atom is -0.493 e. The number of benzene rings is 1. The summed E-state index contributed by atoms with van der Waals surface area (Å²) < 4.78 is 0. The van der Waals surface area contributed by atoms with Gasteiger partial charge in [-0.2, -0.15) is 0 Å². The third-order valence-electron chi connectivity index (χ3n) is 3.41. The van der Waals surface area contributed by atoms with Gasteiger partial charge in [-0.1, -0.05) is 12.1 Å². The van der Waals surface area contributed by atoms with Crippen molar-refractivity contribution in [1.82, 2.24) is 9.88 Å². The molecule has 1 aliphatic heterocycles. The van der Waals surface area contributed by atoms with Gasteiger partial charge in [0.2, 0.25) is 5.88 Å². The molecule has 1 aromatic heterocycles. The van der Waals surface area contributed by atoms with E-state index in [4.69, 9.17) is 0 Å². The van der Waals surface area contributed by atoms with Crippen LogP contribution in [0, 0.1) is 4.91 Å². The number of fused-ring (bicyclic) bond motifs is 3. The van der Waals surface area contributed by atoms with E-state index in [0.29, 0.717) is 5.39 Å². The summed E-state index contributed by atoms with van der Waals surface area (Å²) >= 11 is 0. The summed E-state index contributed by atoms with van der Waals surface area (Å²) in [6.07, 6.45) is 0.918. The maximum atomic E-state index is 10.7. The van der Waals surface area contributed by atoms with Crippen molar-refractivity contribution in [3.05, 3.63) is 28.2 Å². The highest BCUT2D eigenvalue weighted by atomic mass is 16.3. The van der Waals surface area contributed by atoms with Gasteiger partial charge in [-0.3, -0.25) is 0 Å². The Labute approximate surface area is 98.0 Å². The predicted molar refractivity (Wildman–Crippen MR) is 65.5 cm³/mol. The molecule has 0 bridgehead atoms. The molecule has 0 saturated carbocycles. The summed E-state index contributed by atoms with van der Waals surface area (Å²) in [4.78, 5) is 15.8. The molecule has 0 saturated heterocycles. The normalized spacial score (nSPS) is 16.1. The van der Waals surface area contributed by atoms with E-state index < -0.39 is 0 Å². The molecular formula is C12H13N3O2. The molecule has 5 heteroatoms. The van der Waals surface area contributed by atoms with Crippen LogP contribution in [-0.4, -0.2) is 28.6 Å². The Morgan fingerprint density at radius 1 is 1.47 bits per heavy atom. The molecule has 1 aliphatic rings. The average molecular weight is 231 g/mol. The molecular weight excluding hydrogens is 218 g/mol. The molecule has 0 unspecified atom stereocenters. The second kappa shape index (κ2) is 3.56. The molecule has 2 aromatic rings. The number of H-pyrrole nitrogens is 1. The second-order valence-electron chi connectivity index (χ2n) is 4.53. The molecule has 1 aromatic carbocycles. The first-order chi connectivity index (χ1) is 8.20. The van der Waals surface area contributed by atoms with Gasteiger partial charge in [-0.25, -0.2) is 0 Å². The summed E-state index contributed by atoms with van der Waals surface area (Å²) in [6, 6.07) is 3.86. The van der Waals surface area contributed by atoms with Crippen molar-refractivity contribution in [1.29, 1.82) is 0 Å². The highest BCUT2D eigenvalue weighted by Gasteiger charge is 2.20. The monoisotopic (exact) mass is 231 g/mol. The summed E-state index contributed by atoms with van der Waals surface area (Å²) in [7, 11) is 2.08. The molecule has 2 N–H and O–H groups in total. The van der Waals surface area contributed by atoms with Gasteiger partial charge in [0.1, 0.15) is 0 Å². The van der Waals surface area contributed by atoms with Crippen molar-refractivity contribution in [3.63, 3.8) is 0 Å². The maximum Gasteiger partial charge on any atom is 0.219 e. The summed E-state index contributed by atoms with van der Waals surface area (Å²) in [6.45, 7) is 1.88. The van der Waals surface area contributed by atoms with E-state index in [9.17, 15) is 10.0 Å². The third kappa shape index (κ3) is 1.43. The minimum absolute atomic E-state index is 0.113. The first kappa shape index (κ1) is 10.3. The summed E-state index contributed by atoms with van der Waals surface area (Å²) in [5.41, 5.74) is 3.39. The minimum atomic E-state index is -0.137. The van der Waals surface area contributed by atoms with Crippen LogP contribution in [0.1, 0.15) is 11.1 Å². The Kier molecular flexibility index (Phi) is 2.16. The Balaban J connectivity index is 2.29. The third-order valence-corrected chi connectivity index (χ3v) is 3.41. The molecule has 5 nitrogen and oxygen atoms in total. The van der Waals surface area contributed by atoms with Gasteiger partial charge in [0.05, 0.1) is 5.52 Å². The number of likely N-dealkylation sites (N-methyl/N-ethyl adjacent to an activating group) is 1. The number of nitrogens with zero attached hydrogens (tertiary/aromatic N) is 2. The summed E-state index contributed by atoms with van der Waals surface area (Å²) in [5.74, 6) is -0.137. The zero-order chi connectivity index (χ0) is 12.0. The Hall–Kier alpha value is -1.88. The fraction of sp³-hybridized carbons (Fsp3) is 0.333. The van der Waals surface area contributed by atoms with Gasteiger partial charge in [0.25, 0.3) is 0 Å². The Morgan fingerprint density at radius 2 is 2.29 bits per heavy atom. The molecule has 0 radical (unpaired) electrons. The highest BCUT2D eigenvalue weighted by molar-refractivity contribution is 5.96. The van der Waals surface area contributed by atoms with Crippen LogP contribution in [0.2, 0.25) is 0 Å². The van der Waals surface area contributed by atoms with Crippen molar-refractivity contribution in [2.75, 3.05) is 13.6 Å². The first-order valence-electron chi connectivity index (χ1n) is 5.58. The number of hydrogen-bond donors (Lipinski definition) is 2. The molecule has 88 valence electrons. The van der Waals surface area contributed by atoms with Gasteiger partial charge in [0.15, 0.2) is 5.69 Å². The van der Waals surface area contributed by atoms with E-state index in [1.54, 1.807) is 0 Å². The lowest BCUT2D eigenvalue weighted by molar-refractivity contribution is 0.314. The fourth-order valence-corrected chi connectivity index (χ4v) is 2.53. The van der Waals surface area contributed by atoms with E-state index >= 15 is 0 Å². The van der Waals surface area contributed by atoms with Crippen molar-refractivity contribution < 1.29 is 5.11 Å². The number of nitrogens with one attached hydrogen (secondary N) is 1. The number of aromatic nitrogens is 1. The van der Waals surface area contributed by atoms with Gasteiger partial charge >= 0.3 is 0 Å². The number of rotatable bonds is 1. The lowest BCUT2D eigenvalue weighted by Gasteiger charge is -2.25. The van der Waals surface area contributed by atoms with E-state index in [-0.39, 0.29) is 11.6 Å². The van der Waals surface area contributed by atoms with Crippen LogP contribution in [0.15, 0.2) is 17.3 Å². The smallest absolute Gasteiger partial charge is 0.219 e. The van der Waals surface area contributed by atoms with Crippen LogP contribution in [0.4, 0.5) is 5.69 Å². The number of nitroso groups, excluding NO2 is 1. The second-order valence-corrected chi connectivity index (χ2v) is 4.53. The Bertz CT molecular complexity index is 603. The van der Waals surface area contributed by atoms with Gasteiger partial charge in [-0.05, 0) is 29.8 Å². The van der Waals surface area contributed by atoms with Gasteiger partial charge in [-0.15, -0.1) is 4.91 Å². The van der Waals surface area contributed by atoms with Crippen molar-refractivity contribution >= 4 is 16.6 Å². The molecule has 0 amide bonds. The number of aromatic hydroxyl groups is 1. The van der Waals surface area contributed by atoms with Crippen molar-refractivity contribution in [2.45, 2.75) is 13.0 Å². The Morgan fingerprint density at radius 3 is 3.06 bits per heavy atom. The van der Waals surface area contributed by atoms with Crippen molar-refractivity contribution in [2.24, 2.45) is 5.18 Å². The molecule has 0 atom stereocenters. The van der Waals surface area contributed by atoms with Crippen LogP contribution in [0.5, 0.6) is 5.88 Å². The summed E-state index contributed by atoms with van der Waals surface area (Å²) in [5, 5.41) is 13.2. The zero-order valence-corrected chi connectivity index (χ0v) is 9.53. The molecule has 0 fully saturated rings. The SMILES string of the molecule is CN1CCc2c(ccc3c(N=O)c(O)[nH]c23)C1. The average Bonchev–Trinajstić information content (AvgIpc) is 2.64. The van der Waals surface area contributed by atoms with Crippen LogP contribution < -0.4 is 0 Å². The van der Waals surface area contributed by atoms with Crippen LogP contribution in [-0.2, 0) is 13.0 Å². The fourth-order valence-electron chi connectivity index (χ4n) is 2.53.